The first-order chi connectivity index (χ1) is 23.0. The van der Waals surface area contributed by atoms with E-state index in [-0.39, 0.29) is 23.5 Å². The van der Waals surface area contributed by atoms with Crippen molar-refractivity contribution in [1.82, 2.24) is 0 Å². The third-order valence-corrected chi connectivity index (χ3v) is 7.75. The molecule has 1 unspecified atom stereocenters. The Kier molecular flexibility index (Phi) is 8.74. The van der Waals surface area contributed by atoms with E-state index in [9.17, 15) is 43.9 Å². The zero-order chi connectivity index (χ0) is 34.3. The molecule has 2 nitrogen and oxygen atoms in total. The number of allylic oxidation sites excluding steroid dienone is 2. The standard InChI is InChI=1S/C36H20F10N2/c37-25-27(39)31(43)35(32(44)28(25)40)47(21-7-3-1-4-8-21)23-15-11-19(12-16-23)20-13-17-24(18-14-20)48(22-9-5-2-6-10-22)36-33(45)29(41)26(38)30(42)34(36)46/h1-17,24H,18H2. The Morgan fingerprint density at radius 3 is 1.31 bits per heavy atom. The second-order valence-electron chi connectivity index (χ2n) is 10.6. The van der Waals surface area contributed by atoms with Crippen molar-refractivity contribution in [1.29, 1.82) is 0 Å². The van der Waals surface area contributed by atoms with Gasteiger partial charge in [0, 0.05) is 17.1 Å². The van der Waals surface area contributed by atoms with E-state index in [4.69, 9.17) is 0 Å². The Balaban J connectivity index is 1.35. The molecule has 0 spiro atoms. The molecule has 244 valence electrons. The molecule has 6 rings (SSSR count). The average Bonchev–Trinajstić information content (AvgIpc) is 3.13. The lowest BCUT2D eigenvalue weighted by Gasteiger charge is -2.33. The molecule has 0 saturated heterocycles. The minimum Gasteiger partial charge on any atom is -0.329 e. The van der Waals surface area contributed by atoms with Crippen LogP contribution in [-0.2, 0) is 0 Å². The number of halogens is 10. The first kappa shape index (κ1) is 32.4. The van der Waals surface area contributed by atoms with Crippen molar-refractivity contribution in [2.75, 3.05) is 9.80 Å². The number of anilines is 5. The van der Waals surface area contributed by atoms with Crippen LogP contribution in [0.15, 0.2) is 103 Å². The van der Waals surface area contributed by atoms with Crippen LogP contribution < -0.4 is 9.80 Å². The SMILES string of the molecule is Fc1c(F)c(F)c(N(c2ccccc2)c2ccc(C3=CCC(N(c4ccccc4)c4c(F)c(F)c(F)c(F)c4F)C=C3)cc2)c(F)c1F. The molecule has 0 radical (unpaired) electrons. The highest BCUT2D eigenvalue weighted by Crippen LogP contribution is 2.42. The lowest BCUT2D eigenvalue weighted by Crippen LogP contribution is -2.32. The van der Waals surface area contributed by atoms with Gasteiger partial charge in [0.2, 0.25) is 11.6 Å². The van der Waals surface area contributed by atoms with Crippen molar-refractivity contribution in [2.24, 2.45) is 0 Å². The Labute approximate surface area is 267 Å². The molecule has 48 heavy (non-hydrogen) atoms. The molecule has 0 saturated carbocycles. The van der Waals surface area contributed by atoms with E-state index in [0.29, 0.717) is 11.1 Å². The van der Waals surface area contributed by atoms with Gasteiger partial charge in [0.25, 0.3) is 0 Å². The van der Waals surface area contributed by atoms with Crippen LogP contribution in [0.1, 0.15) is 12.0 Å². The molecule has 5 aromatic rings. The summed E-state index contributed by atoms with van der Waals surface area (Å²) in [6, 6.07) is 20.0. The number of nitrogens with zero attached hydrogens (tertiary/aromatic N) is 2. The molecule has 0 amide bonds. The van der Waals surface area contributed by atoms with E-state index in [1.807, 2.05) is 0 Å². The molecule has 0 aliphatic heterocycles. The fourth-order valence-electron chi connectivity index (χ4n) is 5.47. The van der Waals surface area contributed by atoms with Crippen molar-refractivity contribution >= 4 is 34.0 Å². The molecule has 5 aromatic carbocycles. The predicted octanol–water partition coefficient (Wildman–Crippen LogP) is 11.1. The number of hydrogen-bond acceptors (Lipinski definition) is 2. The maximum absolute atomic E-state index is 15.0. The molecular formula is C36H20F10N2. The number of rotatable bonds is 7. The van der Waals surface area contributed by atoms with Crippen molar-refractivity contribution in [3.8, 4) is 0 Å². The highest BCUT2D eigenvalue weighted by molar-refractivity contribution is 5.81. The van der Waals surface area contributed by atoms with Gasteiger partial charge in [0.15, 0.2) is 46.5 Å². The largest absolute Gasteiger partial charge is 0.329 e. The fourth-order valence-corrected chi connectivity index (χ4v) is 5.47. The maximum atomic E-state index is 15.0. The van der Waals surface area contributed by atoms with Crippen LogP contribution in [0, 0.1) is 58.2 Å². The molecular weight excluding hydrogens is 650 g/mol. The van der Waals surface area contributed by atoms with E-state index < -0.39 is 75.6 Å². The molecule has 0 aromatic heterocycles. The van der Waals surface area contributed by atoms with Crippen molar-refractivity contribution in [2.45, 2.75) is 12.5 Å². The van der Waals surface area contributed by atoms with E-state index in [1.54, 1.807) is 24.3 Å². The van der Waals surface area contributed by atoms with Crippen molar-refractivity contribution in [3.63, 3.8) is 0 Å². The molecule has 0 heterocycles. The summed E-state index contributed by atoms with van der Waals surface area (Å²) < 4.78 is 144. The summed E-state index contributed by atoms with van der Waals surface area (Å²) in [6.07, 6.45) is 4.77. The Bertz CT molecular complexity index is 2010. The van der Waals surface area contributed by atoms with E-state index in [0.717, 1.165) is 9.80 Å². The lowest BCUT2D eigenvalue weighted by molar-refractivity contribution is 0.378. The molecule has 0 bridgehead atoms. The van der Waals surface area contributed by atoms with Crippen LogP contribution in [0.5, 0.6) is 0 Å². The Hall–Kier alpha value is -5.52. The predicted molar refractivity (Wildman–Crippen MR) is 161 cm³/mol. The third-order valence-electron chi connectivity index (χ3n) is 7.75. The monoisotopic (exact) mass is 670 g/mol. The molecule has 0 fully saturated rings. The lowest BCUT2D eigenvalue weighted by atomic mass is 9.95. The van der Waals surface area contributed by atoms with Crippen LogP contribution in [0.3, 0.4) is 0 Å². The summed E-state index contributed by atoms with van der Waals surface area (Å²) in [7, 11) is 0. The summed E-state index contributed by atoms with van der Waals surface area (Å²) in [5, 5.41) is 0. The quantitative estimate of drug-likeness (QED) is 0.0966. The maximum Gasteiger partial charge on any atom is 0.200 e. The molecule has 1 aliphatic rings. The van der Waals surface area contributed by atoms with Gasteiger partial charge in [-0.2, -0.15) is 0 Å². The van der Waals surface area contributed by atoms with Gasteiger partial charge in [0.1, 0.15) is 11.4 Å². The summed E-state index contributed by atoms with van der Waals surface area (Å²) in [4.78, 5) is 1.88. The first-order valence-electron chi connectivity index (χ1n) is 14.2. The second kappa shape index (κ2) is 12.9. The van der Waals surface area contributed by atoms with Crippen molar-refractivity contribution in [3.05, 3.63) is 167 Å². The number of para-hydroxylation sites is 2. The summed E-state index contributed by atoms with van der Waals surface area (Å²) in [6.45, 7) is 0. The fraction of sp³-hybridized carbons (Fsp3) is 0.0556. The van der Waals surface area contributed by atoms with E-state index in [2.05, 4.69) is 0 Å². The Morgan fingerprint density at radius 1 is 0.438 bits per heavy atom. The summed E-state index contributed by atoms with van der Waals surface area (Å²) >= 11 is 0. The van der Waals surface area contributed by atoms with Crippen LogP contribution in [0.4, 0.5) is 72.3 Å². The molecule has 1 atom stereocenters. The minimum absolute atomic E-state index is 0.0443. The second-order valence-corrected chi connectivity index (χ2v) is 10.6. The molecule has 0 N–H and O–H groups in total. The third kappa shape index (κ3) is 5.56. The zero-order valence-corrected chi connectivity index (χ0v) is 24.3. The van der Waals surface area contributed by atoms with Crippen LogP contribution >= 0.6 is 0 Å². The average molecular weight is 671 g/mol. The summed E-state index contributed by atoms with van der Waals surface area (Å²) in [5.74, 6) is -21.0. The van der Waals surface area contributed by atoms with Gasteiger partial charge in [-0.25, -0.2) is 43.9 Å². The topological polar surface area (TPSA) is 6.48 Å². The van der Waals surface area contributed by atoms with Gasteiger partial charge < -0.3 is 9.80 Å². The minimum atomic E-state index is -2.29. The smallest absolute Gasteiger partial charge is 0.200 e. The van der Waals surface area contributed by atoms with E-state index >= 15 is 0 Å². The number of benzene rings is 5. The highest BCUT2D eigenvalue weighted by atomic mass is 19.2. The first-order valence-corrected chi connectivity index (χ1v) is 14.2. The van der Waals surface area contributed by atoms with Crippen LogP contribution in [0.2, 0.25) is 0 Å². The molecule has 12 heteroatoms. The highest BCUT2D eigenvalue weighted by Gasteiger charge is 2.34. The normalized spacial score (nSPS) is 14.2. The van der Waals surface area contributed by atoms with Crippen LogP contribution in [0.25, 0.3) is 5.57 Å². The summed E-state index contributed by atoms with van der Waals surface area (Å²) in [5.41, 5.74) is -0.908. The van der Waals surface area contributed by atoms with Gasteiger partial charge in [-0.15, -0.1) is 0 Å². The van der Waals surface area contributed by atoms with Crippen molar-refractivity contribution < 1.29 is 43.9 Å². The van der Waals surface area contributed by atoms with Crippen LogP contribution in [-0.4, -0.2) is 6.04 Å². The van der Waals surface area contributed by atoms with Gasteiger partial charge >= 0.3 is 0 Å². The van der Waals surface area contributed by atoms with Gasteiger partial charge in [-0.1, -0.05) is 66.8 Å². The Morgan fingerprint density at radius 2 is 0.854 bits per heavy atom. The molecule has 1 aliphatic carbocycles. The van der Waals surface area contributed by atoms with Gasteiger partial charge in [0.05, 0.1) is 6.04 Å². The number of hydrogen-bond donors (Lipinski definition) is 0. The van der Waals surface area contributed by atoms with E-state index in [1.165, 1.54) is 78.9 Å². The van der Waals surface area contributed by atoms with Gasteiger partial charge in [-0.3, -0.25) is 0 Å². The zero-order valence-electron chi connectivity index (χ0n) is 24.3. The van der Waals surface area contributed by atoms with Gasteiger partial charge in [-0.05, 0) is 54.0 Å².